The van der Waals surface area contributed by atoms with E-state index in [0.717, 1.165) is 13.0 Å². The molecule has 0 aromatic heterocycles. The summed E-state index contributed by atoms with van der Waals surface area (Å²) in [5, 5.41) is 9.46. The zero-order chi connectivity index (χ0) is 9.60. The molecule has 74 valence electrons. The maximum atomic E-state index is 9.46. The van der Waals surface area contributed by atoms with E-state index in [2.05, 4.69) is 6.07 Å². The molecule has 1 heterocycles. The predicted octanol–water partition coefficient (Wildman–Crippen LogP) is 2.21. The van der Waals surface area contributed by atoms with E-state index in [1.165, 1.54) is 18.4 Å². The van der Waals surface area contributed by atoms with Crippen LogP contribution in [0.15, 0.2) is 24.3 Å². The first-order valence-corrected chi connectivity index (χ1v) is 5.20. The zero-order valence-corrected chi connectivity index (χ0v) is 8.07. The molecule has 2 fully saturated rings. The second-order valence-electron chi connectivity index (χ2n) is 4.51. The van der Waals surface area contributed by atoms with Gasteiger partial charge in [0.15, 0.2) is 0 Å². The minimum absolute atomic E-state index is 0.212. The van der Waals surface area contributed by atoms with Gasteiger partial charge in [0.25, 0.3) is 0 Å². The second-order valence-corrected chi connectivity index (χ2v) is 4.51. The van der Waals surface area contributed by atoms with Crippen LogP contribution in [0.5, 0.6) is 5.75 Å². The quantitative estimate of drug-likeness (QED) is 0.735. The molecule has 3 rings (SSSR count). The number of hydrogen-bond donors (Lipinski definition) is 1. The van der Waals surface area contributed by atoms with E-state index in [4.69, 9.17) is 4.74 Å². The summed E-state index contributed by atoms with van der Waals surface area (Å²) >= 11 is 0. The molecule has 0 spiro atoms. The van der Waals surface area contributed by atoms with Crippen LogP contribution in [0.3, 0.4) is 0 Å². The molecule has 1 aromatic rings. The molecular formula is C12H14O2. The highest BCUT2D eigenvalue weighted by atomic mass is 16.5. The smallest absolute Gasteiger partial charge is 0.115 e. The van der Waals surface area contributed by atoms with Crippen molar-refractivity contribution in [1.29, 1.82) is 0 Å². The van der Waals surface area contributed by atoms with Crippen molar-refractivity contribution in [2.45, 2.75) is 30.8 Å². The lowest BCUT2D eigenvalue weighted by molar-refractivity contribution is 0.0698. The summed E-state index contributed by atoms with van der Waals surface area (Å²) < 4.78 is 5.67. The van der Waals surface area contributed by atoms with Gasteiger partial charge in [0, 0.05) is 5.41 Å². The first kappa shape index (κ1) is 8.30. The maximum Gasteiger partial charge on any atom is 0.115 e. The van der Waals surface area contributed by atoms with Crippen molar-refractivity contribution in [2.24, 2.45) is 0 Å². The summed E-state index contributed by atoms with van der Waals surface area (Å²) in [6, 6.07) is 7.64. The Morgan fingerprint density at radius 3 is 2.93 bits per heavy atom. The predicted molar refractivity (Wildman–Crippen MR) is 53.4 cm³/mol. The number of fused-ring (bicyclic) bond motifs is 2. The molecule has 2 aliphatic rings. The summed E-state index contributed by atoms with van der Waals surface area (Å²) in [6.45, 7) is 0.834. The highest BCUT2D eigenvalue weighted by molar-refractivity contribution is 5.35. The zero-order valence-electron chi connectivity index (χ0n) is 8.07. The third-order valence-electron chi connectivity index (χ3n) is 3.62. The average molecular weight is 190 g/mol. The first-order chi connectivity index (χ1) is 6.78. The molecule has 2 atom stereocenters. The number of hydrogen-bond acceptors (Lipinski definition) is 2. The number of rotatable bonds is 1. The summed E-state index contributed by atoms with van der Waals surface area (Å²) in [6.07, 6.45) is 3.99. The highest BCUT2D eigenvalue weighted by Crippen LogP contribution is 2.48. The third kappa shape index (κ3) is 1.07. The standard InChI is InChI=1S/C12H14O2/c13-10-3-1-2-9(6-10)12-5-4-11(7-12)14-8-12/h1-3,6,11,13H,4-5,7-8H2. The monoisotopic (exact) mass is 190 g/mol. The van der Waals surface area contributed by atoms with Crippen molar-refractivity contribution < 1.29 is 9.84 Å². The molecule has 0 radical (unpaired) electrons. The molecular weight excluding hydrogens is 176 g/mol. The lowest BCUT2D eigenvalue weighted by Crippen LogP contribution is -2.25. The van der Waals surface area contributed by atoms with Crippen molar-refractivity contribution in [2.75, 3.05) is 6.61 Å². The molecule has 2 heteroatoms. The molecule has 1 N–H and O–H groups in total. The highest BCUT2D eigenvalue weighted by Gasteiger charge is 2.47. The van der Waals surface area contributed by atoms with Crippen LogP contribution in [0, 0.1) is 0 Å². The van der Waals surface area contributed by atoms with E-state index in [1.54, 1.807) is 6.07 Å². The average Bonchev–Trinajstić information content (AvgIpc) is 2.78. The summed E-state index contributed by atoms with van der Waals surface area (Å²) in [5.41, 5.74) is 1.46. The Morgan fingerprint density at radius 1 is 1.43 bits per heavy atom. The molecule has 0 amide bonds. The van der Waals surface area contributed by atoms with Gasteiger partial charge in [0.2, 0.25) is 0 Å². The minimum Gasteiger partial charge on any atom is -0.508 e. The summed E-state index contributed by atoms with van der Waals surface area (Å²) in [7, 11) is 0. The fraction of sp³-hybridized carbons (Fsp3) is 0.500. The van der Waals surface area contributed by atoms with Crippen LogP contribution in [0.2, 0.25) is 0 Å². The van der Waals surface area contributed by atoms with Crippen LogP contribution in [0.25, 0.3) is 0 Å². The van der Waals surface area contributed by atoms with Gasteiger partial charge in [0.05, 0.1) is 12.7 Å². The van der Waals surface area contributed by atoms with E-state index in [-0.39, 0.29) is 5.41 Å². The Morgan fingerprint density at radius 2 is 2.36 bits per heavy atom. The third-order valence-corrected chi connectivity index (χ3v) is 3.62. The van der Waals surface area contributed by atoms with Gasteiger partial charge in [-0.15, -0.1) is 0 Å². The van der Waals surface area contributed by atoms with Crippen molar-refractivity contribution in [1.82, 2.24) is 0 Å². The molecule has 1 aromatic carbocycles. The number of ether oxygens (including phenoxy) is 1. The van der Waals surface area contributed by atoms with Gasteiger partial charge < -0.3 is 9.84 Å². The fourth-order valence-electron chi connectivity index (χ4n) is 2.81. The van der Waals surface area contributed by atoms with Crippen molar-refractivity contribution >= 4 is 0 Å². The number of phenols is 1. The van der Waals surface area contributed by atoms with Crippen LogP contribution in [0.4, 0.5) is 0 Å². The van der Waals surface area contributed by atoms with Gasteiger partial charge in [-0.05, 0) is 37.0 Å². The largest absolute Gasteiger partial charge is 0.508 e. The topological polar surface area (TPSA) is 29.5 Å². The van der Waals surface area contributed by atoms with E-state index in [1.807, 2.05) is 12.1 Å². The Hall–Kier alpha value is -1.02. The van der Waals surface area contributed by atoms with Gasteiger partial charge >= 0.3 is 0 Å². The SMILES string of the molecule is Oc1cccc(C23CCC(C2)OC3)c1. The Kier molecular flexibility index (Phi) is 1.62. The Labute approximate surface area is 83.5 Å². The van der Waals surface area contributed by atoms with Crippen LogP contribution >= 0.6 is 0 Å². The lowest BCUT2D eigenvalue weighted by Gasteiger charge is -2.26. The molecule has 1 aliphatic heterocycles. The normalized spacial score (nSPS) is 35.0. The summed E-state index contributed by atoms with van der Waals surface area (Å²) in [5.74, 6) is 0.368. The Balaban J connectivity index is 2.02. The van der Waals surface area contributed by atoms with Crippen molar-refractivity contribution in [3.63, 3.8) is 0 Å². The van der Waals surface area contributed by atoms with Crippen LogP contribution in [-0.2, 0) is 10.2 Å². The van der Waals surface area contributed by atoms with E-state index in [0.29, 0.717) is 11.9 Å². The molecule has 1 saturated carbocycles. The van der Waals surface area contributed by atoms with Crippen LogP contribution in [0.1, 0.15) is 24.8 Å². The van der Waals surface area contributed by atoms with Gasteiger partial charge in [-0.2, -0.15) is 0 Å². The van der Waals surface area contributed by atoms with E-state index >= 15 is 0 Å². The van der Waals surface area contributed by atoms with E-state index in [9.17, 15) is 5.11 Å². The summed E-state index contributed by atoms with van der Waals surface area (Å²) in [4.78, 5) is 0. The minimum atomic E-state index is 0.212. The molecule has 2 nitrogen and oxygen atoms in total. The van der Waals surface area contributed by atoms with Gasteiger partial charge in [0.1, 0.15) is 5.75 Å². The lowest BCUT2D eigenvalue weighted by atomic mass is 9.80. The first-order valence-electron chi connectivity index (χ1n) is 5.20. The van der Waals surface area contributed by atoms with Crippen LogP contribution in [-0.4, -0.2) is 17.8 Å². The van der Waals surface area contributed by atoms with Gasteiger partial charge in [-0.25, -0.2) is 0 Å². The number of benzene rings is 1. The Bertz CT molecular complexity index is 351. The van der Waals surface area contributed by atoms with E-state index < -0.39 is 0 Å². The fourth-order valence-corrected chi connectivity index (χ4v) is 2.81. The van der Waals surface area contributed by atoms with Crippen molar-refractivity contribution in [3.05, 3.63) is 29.8 Å². The van der Waals surface area contributed by atoms with Crippen LogP contribution < -0.4 is 0 Å². The number of aromatic hydroxyl groups is 1. The molecule has 14 heavy (non-hydrogen) atoms. The molecule has 2 unspecified atom stereocenters. The maximum absolute atomic E-state index is 9.46. The van der Waals surface area contributed by atoms with Gasteiger partial charge in [-0.3, -0.25) is 0 Å². The molecule has 1 aliphatic carbocycles. The molecule has 2 bridgehead atoms. The number of phenolic OH excluding ortho intramolecular Hbond substituents is 1. The van der Waals surface area contributed by atoms with Gasteiger partial charge in [-0.1, -0.05) is 12.1 Å². The van der Waals surface area contributed by atoms with Crippen molar-refractivity contribution in [3.8, 4) is 5.75 Å². The molecule has 1 saturated heterocycles. The second kappa shape index (κ2) is 2.74.